The Morgan fingerprint density at radius 3 is 2.58 bits per heavy atom. The van der Waals surface area contributed by atoms with Crippen molar-refractivity contribution < 1.29 is 22.5 Å². The molecule has 0 radical (unpaired) electrons. The number of para-hydroxylation sites is 2. The van der Waals surface area contributed by atoms with Crippen molar-refractivity contribution >= 4 is 21.4 Å². The van der Waals surface area contributed by atoms with Gasteiger partial charge in [0, 0.05) is 36.3 Å². The number of sulfonamides is 1. The summed E-state index contributed by atoms with van der Waals surface area (Å²) in [6.45, 7) is 4.65. The fourth-order valence-electron chi connectivity index (χ4n) is 5.26. The van der Waals surface area contributed by atoms with Crippen LogP contribution in [0.25, 0.3) is 0 Å². The van der Waals surface area contributed by atoms with E-state index in [9.17, 15) is 22.9 Å². The van der Waals surface area contributed by atoms with E-state index < -0.39 is 26.7 Å². The molecule has 2 atom stereocenters. The largest absolute Gasteiger partial charge is 0.486 e. The molecule has 0 aromatic heterocycles. The predicted molar refractivity (Wildman–Crippen MR) is 133 cm³/mol. The molecule has 0 aliphatic carbocycles. The number of likely N-dealkylation sites (N-methyl/N-ethyl adjacent to an activating group) is 1. The topological polar surface area (TPSA) is 93.0 Å². The number of rotatable bonds is 6. The van der Waals surface area contributed by atoms with Gasteiger partial charge in [-0.3, -0.25) is 10.1 Å². The monoisotopic (exact) mass is 511 g/mol. The Balaban J connectivity index is 1.52. The van der Waals surface area contributed by atoms with Gasteiger partial charge in [-0.15, -0.1) is 0 Å². The van der Waals surface area contributed by atoms with Crippen molar-refractivity contribution in [2.45, 2.75) is 36.3 Å². The van der Waals surface area contributed by atoms with Gasteiger partial charge >= 0.3 is 0 Å². The van der Waals surface area contributed by atoms with Crippen molar-refractivity contribution in [3.05, 3.63) is 93.8 Å². The van der Waals surface area contributed by atoms with E-state index in [1.165, 1.54) is 37.4 Å². The Bertz CT molecular complexity index is 1460. The zero-order valence-corrected chi connectivity index (χ0v) is 20.9. The number of ether oxygens (including phenoxy) is 1. The Kier molecular flexibility index (Phi) is 5.76. The fourth-order valence-corrected chi connectivity index (χ4v) is 6.59. The Morgan fingerprint density at radius 1 is 1.14 bits per heavy atom. The molecule has 0 spiro atoms. The Hall–Kier alpha value is -3.50. The van der Waals surface area contributed by atoms with Crippen LogP contribution in [0.15, 0.2) is 71.6 Å². The quantitative estimate of drug-likeness (QED) is 0.353. The molecule has 0 saturated carbocycles. The van der Waals surface area contributed by atoms with Crippen LogP contribution in [0, 0.1) is 15.9 Å². The summed E-state index contributed by atoms with van der Waals surface area (Å²) in [5, 5.41) is 11.5. The maximum atomic E-state index is 14.1. The maximum Gasteiger partial charge on any atom is 0.289 e. The van der Waals surface area contributed by atoms with Gasteiger partial charge in [-0.05, 0) is 35.9 Å². The highest BCUT2D eigenvalue weighted by atomic mass is 32.2. The third-order valence-corrected chi connectivity index (χ3v) is 8.82. The molecule has 2 aliphatic heterocycles. The van der Waals surface area contributed by atoms with Crippen LogP contribution in [0.1, 0.15) is 31.0 Å². The summed E-state index contributed by atoms with van der Waals surface area (Å²) in [4.78, 5) is 12.6. The highest BCUT2D eigenvalue weighted by Gasteiger charge is 2.46. The van der Waals surface area contributed by atoms with Crippen molar-refractivity contribution in [3.63, 3.8) is 0 Å². The van der Waals surface area contributed by atoms with Gasteiger partial charge in [0.1, 0.15) is 17.7 Å². The van der Waals surface area contributed by atoms with Crippen LogP contribution in [0.5, 0.6) is 5.75 Å². The zero-order valence-electron chi connectivity index (χ0n) is 20.1. The second kappa shape index (κ2) is 8.56. The van der Waals surface area contributed by atoms with Crippen LogP contribution in [0.3, 0.4) is 0 Å². The fraction of sp³-hybridized carbons (Fsp3) is 0.308. The van der Waals surface area contributed by atoms with Gasteiger partial charge in [0.05, 0.1) is 17.5 Å². The number of nitrogens with zero attached hydrogens (tertiary/aromatic N) is 3. The summed E-state index contributed by atoms with van der Waals surface area (Å²) < 4.78 is 48.3. The van der Waals surface area contributed by atoms with Crippen LogP contribution >= 0.6 is 0 Å². The molecule has 0 unspecified atom stereocenters. The molecule has 2 aliphatic rings. The first kappa shape index (κ1) is 24.2. The van der Waals surface area contributed by atoms with Crippen LogP contribution in [0.2, 0.25) is 0 Å². The number of fused-ring (bicyclic) bond motifs is 2. The van der Waals surface area contributed by atoms with Crippen molar-refractivity contribution in [3.8, 4) is 5.75 Å². The summed E-state index contributed by atoms with van der Waals surface area (Å²) in [7, 11) is -2.79. The van der Waals surface area contributed by atoms with E-state index >= 15 is 0 Å². The minimum atomic E-state index is -4.18. The average Bonchev–Trinajstić information content (AvgIpc) is 3.32. The van der Waals surface area contributed by atoms with Gasteiger partial charge < -0.3 is 9.64 Å². The summed E-state index contributed by atoms with van der Waals surface area (Å²) in [5.41, 5.74) is 1.86. The van der Waals surface area contributed by atoms with E-state index in [-0.39, 0.29) is 28.7 Å². The van der Waals surface area contributed by atoms with E-state index in [1.54, 1.807) is 12.1 Å². The van der Waals surface area contributed by atoms with Gasteiger partial charge in [0.2, 0.25) is 10.0 Å². The summed E-state index contributed by atoms with van der Waals surface area (Å²) in [5.74, 6) is 0.343. The Morgan fingerprint density at radius 2 is 1.83 bits per heavy atom. The van der Waals surface area contributed by atoms with Gasteiger partial charge in [0.15, 0.2) is 4.90 Å². The number of hydrogen-bond acceptors (Lipinski definition) is 6. The molecule has 0 saturated heterocycles. The molecule has 0 N–H and O–H groups in total. The highest BCUT2D eigenvalue weighted by molar-refractivity contribution is 7.89. The first-order valence-corrected chi connectivity index (χ1v) is 13.0. The first-order valence-electron chi connectivity index (χ1n) is 11.5. The molecule has 36 heavy (non-hydrogen) atoms. The Labute approximate surface area is 209 Å². The third kappa shape index (κ3) is 3.90. The number of benzene rings is 3. The van der Waals surface area contributed by atoms with E-state index in [1.807, 2.05) is 38.1 Å². The standard InChI is InChI=1S/C26H26FN3O5S/c1-26(2)16-29(20-13-12-17(27)14-19(20)26)25-18-8-4-6-10-22(18)35-23(25)15-28(3)36(33,34)24-11-7-5-9-21(24)30(31)32/h4-14,23,25H,15-16H2,1-3H3/t23-,25+/m1/s1. The highest BCUT2D eigenvalue weighted by Crippen LogP contribution is 2.49. The predicted octanol–water partition coefficient (Wildman–Crippen LogP) is 4.65. The molecule has 3 aromatic rings. The second-order valence-electron chi connectivity index (χ2n) is 9.82. The minimum Gasteiger partial charge on any atom is -0.486 e. The van der Waals surface area contributed by atoms with E-state index in [2.05, 4.69) is 4.90 Å². The van der Waals surface area contributed by atoms with Gasteiger partial charge in [-0.1, -0.05) is 44.2 Å². The van der Waals surface area contributed by atoms with Gasteiger partial charge in [-0.25, -0.2) is 12.8 Å². The van der Waals surface area contributed by atoms with Gasteiger partial charge in [0.25, 0.3) is 5.69 Å². The molecule has 10 heteroatoms. The molecule has 0 fully saturated rings. The minimum absolute atomic E-state index is 0.0405. The zero-order chi connectivity index (χ0) is 25.8. The van der Waals surface area contributed by atoms with Crippen molar-refractivity contribution in [2.75, 3.05) is 25.0 Å². The summed E-state index contributed by atoms with van der Waals surface area (Å²) in [6.07, 6.45) is -0.600. The molecule has 188 valence electrons. The number of anilines is 1. The molecular weight excluding hydrogens is 485 g/mol. The number of nitro groups is 1. The summed E-state index contributed by atoms with van der Waals surface area (Å²) >= 11 is 0. The maximum absolute atomic E-state index is 14.1. The molecule has 2 heterocycles. The van der Waals surface area contributed by atoms with Crippen LogP contribution in [0.4, 0.5) is 15.8 Å². The number of nitro benzene ring substituents is 1. The molecule has 0 bridgehead atoms. The number of hydrogen-bond donors (Lipinski definition) is 0. The lowest BCUT2D eigenvalue weighted by Crippen LogP contribution is -2.44. The van der Waals surface area contributed by atoms with Crippen molar-refractivity contribution in [1.29, 1.82) is 0 Å². The van der Waals surface area contributed by atoms with Crippen LogP contribution in [-0.2, 0) is 15.4 Å². The molecule has 3 aromatic carbocycles. The van der Waals surface area contributed by atoms with Crippen molar-refractivity contribution in [2.24, 2.45) is 0 Å². The second-order valence-corrected chi connectivity index (χ2v) is 11.8. The van der Waals surface area contributed by atoms with E-state index in [0.717, 1.165) is 21.1 Å². The first-order chi connectivity index (χ1) is 17.0. The molecule has 8 nitrogen and oxygen atoms in total. The van der Waals surface area contributed by atoms with Crippen LogP contribution < -0.4 is 9.64 Å². The normalized spacial score (nSPS) is 20.2. The SMILES string of the molecule is CN(C[C@H]1Oc2ccccc2[C@@H]1N1CC(C)(C)c2cc(F)ccc21)S(=O)(=O)c1ccccc1[N+](=O)[O-]. The lowest BCUT2D eigenvalue weighted by Gasteiger charge is -2.33. The number of halogens is 1. The smallest absolute Gasteiger partial charge is 0.289 e. The molecule has 5 rings (SSSR count). The van der Waals surface area contributed by atoms with Gasteiger partial charge in [-0.2, -0.15) is 4.31 Å². The third-order valence-electron chi connectivity index (χ3n) is 6.95. The average molecular weight is 512 g/mol. The van der Waals surface area contributed by atoms with E-state index in [0.29, 0.717) is 12.3 Å². The molecular formula is C26H26FN3O5S. The van der Waals surface area contributed by atoms with Crippen molar-refractivity contribution in [1.82, 2.24) is 4.31 Å². The van der Waals surface area contributed by atoms with E-state index in [4.69, 9.17) is 4.74 Å². The lowest BCUT2D eigenvalue weighted by molar-refractivity contribution is -0.387. The summed E-state index contributed by atoms with van der Waals surface area (Å²) in [6, 6.07) is 17.2. The van der Waals surface area contributed by atoms with Crippen LogP contribution in [-0.4, -0.2) is 43.9 Å². The lowest BCUT2D eigenvalue weighted by atomic mass is 9.87. The molecule has 0 amide bonds.